The van der Waals surface area contributed by atoms with Gasteiger partial charge in [0, 0.05) is 82.3 Å². The SMILES string of the molecule is CNC(=O)COCc1ccc(-c2nccnc2N2CCN(C/C(C=N)=C(\C)NC)CC2)cc1. The second-order valence-corrected chi connectivity index (χ2v) is 7.90. The maximum atomic E-state index is 11.3. The zero-order valence-corrected chi connectivity index (χ0v) is 19.6. The van der Waals surface area contributed by atoms with Crippen LogP contribution in [0.2, 0.25) is 0 Å². The first-order valence-electron chi connectivity index (χ1n) is 11.1. The number of likely N-dealkylation sites (N-methyl/N-ethyl adjacent to an activating group) is 1. The molecule has 1 aliphatic rings. The van der Waals surface area contributed by atoms with Crippen molar-refractivity contribution in [1.82, 2.24) is 25.5 Å². The standard InChI is InChI=1S/C24H33N7O2/c1-18(26-2)21(14-25)15-30-10-12-31(13-11-30)24-23(28-8-9-29-24)20-6-4-19(5-7-20)16-33-17-22(32)27-3/h4-9,14,25-26H,10-13,15-17H2,1-3H3,(H,27,32)/b21-18+,25-14?. The Balaban J connectivity index is 1.64. The molecule has 1 amide bonds. The number of hydrogen-bond donors (Lipinski definition) is 3. The van der Waals surface area contributed by atoms with Gasteiger partial charge in [0.1, 0.15) is 12.3 Å². The third kappa shape index (κ3) is 6.59. The summed E-state index contributed by atoms with van der Waals surface area (Å²) in [4.78, 5) is 25.2. The number of hydrogen-bond acceptors (Lipinski definition) is 8. The minimum Gasteiger partial charge on any atom is -0.391 e. The molecule has 0 atom stereocenters. The Bertz CT molecular complexity index is 967. The molecule has 0 radical (unpaired) electrons. The lowest BCUT2D eigenvalue weighted by Gasteiger charge is -2.36. The van der Waals surface area contributed by atoms with E-state index >= 15 is 0 Å². The normalized spacial score (nSPS) is 15.1. The van der Waals surface area contributed by atoms with Crippen LogP contribution in [-0.4, -0.2) is 80.4 Å². The van der Waals surface area contributed by atoms with Gasteiger partial charge in [0.05, 0.1) is 6.61 Å². The van der Waals surface area contributed by atoms with Crippen LogP contribution in [0.5, 0.6) is 0 Å². The predicted octanol–water partition coefficient (Wildman–Crippen LogP) is 1.67. The van der Waals surface area contributed by atoms with E-state index in [2.05, 4.69) is 30.4 Å². The molecule has 3 N–H and O–H groups in total. The number of nitrogens with one attached hydrogen (secondary N) is 3. The molecule has 1 aromatic carbocycles. The Kier molecular flexibility index (Phi) is 8.91. The maximum Gasteiger partial charge on any atom is 0.245 e. The molecule has 0 bridgehead atoms. The maximum absolute atomic E-state index is 11.3. The van der Waals surface area contributed by atoms with Crippen LogP contribution in [0.1, 0.15) is 12.5 Å². The quantitative estimate of drug-likeness (QED) is 0.472. The molecule has 1 fully saturated rings. The summed E-state index contributed by atoms with van der Waals surface area (Å²) in [5.41, 5.74) is 4.88. The minimum atomic E-state index is -0.141. The van der Waals surface area contributed by atoms with Gasteiger partial charge in [-0.25, -0.2) is 4.98 Å². The van der Waals surface area contributed by atoms with E-state index in [1.165, 1.54) is 6.21 Å². The van der Waals surface area contributed by atoms with Crippen LogP contribution in [-0.2, 0) is 16.1 Å². The summed E-state index contributed by atoms with van der Waals surface area (Å²) in [5.74, 6) is 0.744. The van der Waals surface area contributed by atoms with Crippen LogP contribution in [0.25, 0.3) is 11.3 Å². The smallest absolute Gasteiger partial charge is 0.245 e. The third-order valence-corrected chi connectivity index (χ3v) is 5.78. The number of carbonyl (C=O) groups excluding carboxylic acids is 1. The Labute approximate surface area is 195 Å². The molecule has 0 spiro atoms. The first-order valence-corrected chi connectivity index (χ1v) is 11.1. The molecular weight excluding hydrogens is 418 g/mol. The van der Waals surface area contributed by atoms with Crippen molar-refractivity contribution in [3.63, 3.8) is 0 Å². The fraction of sp³-hybridized carbons (Fsp3) is 0.417. The molecule has 2 aromatic rings. The minimum absolute atomic E-state index is 0.0458. The average molecular weight is 452 g/mol. The van der Waals surface area contributed by atoms with Crippen molar-refractivity contribution in [2.24, 2.45) is 0 Å². The lowest BCUT2D eigenvalue weighted by Crippen LogP contribution is -2.47. The molecule has 176 valence electrons. The Morgan fingerprint density at radius 1 is 1.09 bits per heavy atom. The summed E-state index contributed by atoms with van der Waals surface area (Å²) in [6.07, 6.45) is 4.89. The van der Waals surface area contributed by atoms with Crippen molar-refractivity contribution in [1.29, 1.82) is 5.41 Å². The largest absolute Gasteiger partial charge is 0.391 e. The summed E-state index contributed by atoms with van der Waals surface area (Å²) in [6, 6.07) is 8.02. The fourth-order valence-corrected chi connectivity index (χ4v) is 3.65. The number of piperazine rings is 1. The molecule has 1 saturated heterocycles. The molecule has 2 heterocycles. The van der Waals surface area contributed by atoms with Crippen LogP contribution in [0.4, 0.5) is 5.82 Å². The highest BCUT2D eigenvalue weighted by molar-refractivity contribution is 5.77. The van der Waals surface area contributed by atoms with E-state index in [1.807, 2.05) is 38.2 Å². The predicted molar refractivity (Wildman–Crippen MR) is 130 cm³/mol. The summed E-state index contributed by atoms with van der Waals surface area (Å²) in [6.45, 7) is 6.68. The van der Waals surface area contributed by atoms with E-state index in [0.717, 1.165) is 66.6 Å². The number of anilines is 1. The molecule has 0 saturated carbocycles. The first-order chi connectivity index (χ1) is 16.0. The molecule has 9 heteroatoms. The van der Waals surface area contributed by atoms with Gasteiger partial charge < -0.3 is 25.7 Å². The van der Waals surface area contributed by atoms with Crippen molar-refractivity contribution < 1.29 is 9.53 Å². The summed E-state index contributed by atoms with van der Waals surface area (Å²) in [5, 5.41) is 13.4. The van der Waals surface area contributed by atoms with Crippen molar-refractivity contribution in [2.75, 3.05) is 58.3 Å². The number of aromatic nitrogens is 2. The van der Waals surface area contributed by atoms with Crippen molar-refractivity contribution in [3.8, 4) is 11.3 Å². The van der Waals surface area contributed by atoms with Gasteiger partial charge in [-0.05, 0) is 12.5 Å². The van der Waals surface area contributed by atoms with Crippen molar-refractivity contribution >= 4 is 17.9 Å². The zero-order valence-electron chi connectivity index (χ0n) is 19.6. The second kappa shape index (κ2) is 12.1. The van der Waals surface area contributed by atoms with Gasteiger partial charge in [-0.3, -0.25) is 14.7 Å². The molecule has 33 heavy (non-hydrogen) atoms. The molecule has 1 aliphatic heterocycles. The first kappa shape index (κ1) is 24.3. The average Bonchev–Trinajstić information content (AvgIpc) is 2.87. The van der Waals surface area contributed by atoms with Crippen LogP contribution in [0.15, 0.2) is 47.9 Å². The lowest BCUT2D eigenvalue weighted by atomic mass is 10.1. The molecular formula is C24H33N7O2. The number of benzene rings is 1. The van der Waals surface area contributed by atoms with E-state index in [9.17, 15) is 4.79 Å². The Morgan fingerprint density at radius 3 is 2.42 bits per heavy atom. The number of carbonyl (C=O) groups is 1. The van der Waals surface area contributed by atoms with Gasteiger partial charge in [-0.15, -0.1) is 0 Å². The van der Waals surface area contributed by atoms with Gasteiger partial charge in [0.2, 0.25) is 5.91 Å². The fourth-order valence-electron chi connectivity index (χ4n) is 3.65. The molecule has 1 aromatic heterocycles. The van der Waals surface area contributed by atoms with Crippen LogP contribution in [0.3, 0.4) is 0 Å². The molecule has 0 aliphatic carbocycles. The van der Waals surface area contributed by atoms with Crippen LogP contribution < -0.4 is 15.5 Å². The van der Waals surface area contributed by atoms with Gasteiger partial charge in [-0.1, -0.05) is 24.3 Å². The van der Waals surface area contributed by atoms with E-state index in [0.29, 0.717) is 6.61 Å². The van der Waals surface area contributed by atoms with E-state index in [1.54, 1.807) is 19.4 Å². The van der Waals surface area contributed by atoms with Crippen molar-refractivity contribution in [3.05, 3.63) is 53.5 Å². The number of rotatable bonds is 10. The zero-order chi connectivity index (χ0) is 23.6. The summed E-state index contributed by atoms with van der Waals surface area (Å²) < 4.78 is 5.43. The summed E-state index contributed by atoms with van der Waals surface area (Å²) in [7, 11) is 3.48. The lowest BCUT2D eigenvalue weighted by molar-refractivity contribution is -0.125. The van der Waals surface area contributed by atoms with Crippen molar-refractivity contribution in [2.45, 2.75) is 13.5 Å². The second-order valence-electron chi connectivity index (χ2n) is 7.90. The monoisotopic (exact) mass is 451 g/mol. The van der Waals surface area contributed by atoms with E-state index < -0.39 is 0 Å². The van der Waals surface area contributed by atoms with E-state index in [4.69, 9.17) is 10.1 Å². The topological polar surface area (TPSA) is 106 Å². The van der Waals surface area contributed by atoms with Crippen LogP contribution >= 0.6 is 0 Å². The van der Waals surface area contributed by atoms with Crippen LogP contribution in [0, 0.1) is 5.41 Å². The number of amides is 1. The van der Waals surface area contributed by atoms with E-state index in [-0.39, 0.29) is 12.5 Å². The highest BCUT2D eigenvalue weighted by atomic mass is 16.5. The Morgan fingerprint density at radius 2 is 1.79 bits per heavy atom. The number of allylic oxidation sites excluding steroid dienone is 1. The highest BCUT2D eigenvalue weighted by Crippen LogP contribution is 2.27. The summed E-state index contributed by atoms with van der Waals surface area (Å²) >= 11 is 0. The number of nitrogens with zero attached hydrogens (tertiary/aromatic N) is 4. The molecule has 9 nitrogen and oxygen atoms in total. The molecule has 0 unspecified atom stereocenters. The Hall–Kier alpha value is -3.30. The molecule has 3 rings (SSSR count). The number of ether oxygens (including phenoxy) is 1. The van der Waals surface area contributed by atoms with Gasteiger partial charge >= 0.3 is 0 Å². The van der Waals surface area contributed by atoms with Gasteiger partial charge in [0.15, 0.2) is 5.82 Å². The van der Waals surface area contributed by atoms with Gasteiger partial charge in [0.25, 0.3) is 0 Å². The third-order valence-electron chi connectivity index (χ3n) is 5.78. The highest BCUT2D eigenvalue weighted by Gasteiger charge is 2.22. The van der Waals surface area contributed by atoms with Gasteiger partial charge in [-0.2, -0.15) is 0 Å².